The molecular weight excluding hydrogens is 152 g/mol. The van der Waals surface area contributed by atoms with Gasteiger partial charge in [0.25, 0.3) is 5.91 Å². The predicted octanol–water partition coefficient (Wildman–Crippen LogP) is -0.416. The Morgan fingerprint density at radius 1 is 1.50 bits per heavy atom. The maximum Gasteiger partial charge on any atom is 0.322 e. The fraction of sp³-hybridized carbons (Fsp3) is 0.400. The highest BCUT2D eigenvalue weighted by molar-refractivity contribution is 7.82. The lowest BCUT2D eigenvalue weighted by molar-refractivity contribution is -0.114. The summed E-state index contributed by atoms with van der Waals surface area (Å²) in [7, 11) is 0. The van der Waals surface area contributed by atoms with Crippen LogP contribution in [0.25, 0.3) is 0 Å². The van der Waals surface area contributed by atoms with Crippen molar-refractivity contribution in [3.63, 3.8) is 0 Å². The number of hydrogen-bond acceptors (Lipinski definition) is 3. The number of carbonyl (C=O) groups excluding carboxylic acids is 2. The Morgan fingerprint density at radius 3 is 2.60 bits per heavy atom. The number of thiocarbonyl (C=S) groups is 1. The van der Waals surface area contributed by atoms with Gasteiger partial charge in [-0.1, -0.05) is 12.2 Å². The molecule has 2 N–H and O–H groups in total. The molecule has 10 heavy (non-hydrogen) atoms. The second-order valence-corrected chi connectivity index (χ2v) is 2.45. The van der Waals surface area contributed by atoms with Gasteiger partial charge in [-0.25, -0.2) is 4.79 Å². The van der Waals surface area contributed by atoms with E-state index >= 15 is 0 Å². The zero-order valence-corrected chi connectivity index (χ0v) is 6.12. The monoisotopic (exact) mass is 158 g/mol. The van der Waals surface area contributed by atoms with Gasteiger partial charge in [0.1, 0.15) is 4.86 Å². The minimum absolute atomic E-state index is 0.222. The van der Waals surface area contributed by atoms with Crippen molar-refractivity contribution in [3.8, 4) is 0 Å². The molecule has 0 spiro atoms. The van der Waals surface area contributed by atoms with Gasteiger partial charge in [-0.15, -0.1) is 0 Å². The Morgan fingerprint density at radius 2 is 2.10 bits per heavy atom. The van der Waals surface area contributed by atoms with Crippen molar-refractivity contribution < 1.29 is 9.59 Å². The van der Waals surface area contributed by atoms with Crippen molar-refractivity contribution in [2.75, 3.05) is 0 Å². The number of urea groups is 1. The second-order valence-electron chi connectivity index (χ2n) is 2.01. The number of rotatable bonds is 0. The topological polar surface area (TPSA) is 58.2 Å². The van der Waals surface area contributed by atoms with E-state index in [0.29, 0.717) is 0 Å². The second kappa shape index (κ2) is 2.34. The summed E-state index contributed by atoms with van der Waals surface area (Å²) >= 11 is 4.68. The van der Waals surface area contributed by atoms with Crippen molar-refractivity contribution in [3.05, 3.63) is 0 Å². The van der Waals surface area contributed by atoms with Gasteiger partial charge in [0, 0.05) is 0 Å². The van der Waals surface area contributed by atoms with Crippen LogP contribution in [0.2, 0.25) is 0 Å². The lowest BCUT2D eigenvalue weighted by Gasteiger charge is -2.19. The highest BCUT2D eigenvalue weighted by Crippen LogP contribution is 1.93. The van der Waals surface area contributed by atoms with E-state index in [1.54, 1.807) is 6.92 Å². The third-order valence-electron chi connectivity index (χ3n) is 1.19. The summed E-state index contributed by atoms with van der Waals surface area (Å²) in [5.41, 5.74) is 0. The Balaban J connectivity index is 2.76. The first-order valence-corrected chi connectivity index (χ1v) is 3.18. The summed E-state index contributed by atoms with van der Waals surface area (Å²) in [5.74, 6) is -0.466. The molecule has 1 rings (SSSR count). The molecular formula is C5H6N2O2S. The van der Waals surface area contributed by atoms with Crippen LogP contribution in [-0.4, -0.2) is 22.8 Å². The van der Waals surface area contributed by atoms with E-state index in [4.69, 9.17) is 0 Å². The molecule has 0 radical (unpaired) electrons. The van der Waals surface area contributed by atoms with Gasteiger partial charge in [-0.2, -0.15) is 0 Å². The van der Waals surface area contributed by atoms with E-state index in [1.807, 2.05) is 5.32 Å². The molecule has 1 fully saturated rings. The Labute approximate surface area is 63.0 Å². The number of nitrogens with one attached hydrogen (secondary N) is 2. The van der Waals surface area contributed by atoms with Gasteiger partial charge in [-0.3, -0.25) is 10.1 Å². The molecule has 4 nitrogen and oxygen atoms in total. The number of imide groups is 1. The van der Waals surface area contributed by atoms with Gasteiger partial charge >= 0.3 is 6.03 Å². The normalized spacial score (nSPS) is 25.7. The zero-order chi connectivity index (χ0) is 7.72. The van der Waals surface area contributed by atoms with Gasteiger partial charge in [0.05, 0.1) is 6.04 Å². The molecule has 1 heterocycles. The van der Waals surface area contributed by atoms with Crippen molar-refractivity contribution in [2.24, 2.45) is 0 Å². The fourth-order valence-electron chi connectivity index (χ4n) is 0.660. The highest BCUT2D eigenvalue weighted by atomic mass is 32.1. The molecule has 0 aromatic heterocycles. The molecule has 0 aromatic carbocycles. The molecule has 1 aliphatic rings. The van der Waals surface area contributed by atoms with Crippen LogP contribution in [0, 0.1) is 0 Å². The van der Waals surface area contributed by atoms with Crippen LogP contribution in [0.3, 0.4) is 0 Å². The Bertz CT molecular complexity index is 214. The molecule has 0 bridgehead atoms. The van der Waals surface area contributed by atoms with Crippen LogP contribution >= 0.6 is 12.2 Å². The van der Waals surface area contributed by atoms with Crippen LogP contribution in [0.15, 0.2) is 0 Å². The van der Waals surface area contributed by atoms with Crippen LogP contribution in [-0.2, 0) is 4.79 Å². The van der Waals surface area contributed by atoms with Gasteiger partial charge in [0.15, 0.2) is 0 Å². The third kappa shape index (κ3) is 1.13. The van der Waals surface area contributed by atoms with E-state index in [1.165, 1.54) is 0 Å². The van der Waals surface area contributed by atoms with E-state index < -0.39 is 11.9 Å². The molecule has 1 unspecified atom stereocenters. The van der Waals surface area contributed by atoms with E-state index in [-0.39, 0.29) is 10.9 Å². The fourth-order valence-corrected chi connectivity index (χ4v) is 0.770. The molecule has 1 atom stereocenters. The largest absolute Gasteiger partial charge is 0.330 e. The van der Waals surface area contributed by atoms with E-state index in [2.05, 4.69) is 17.5 Å². The van der Waals surface area contributed by atoms with Crippen LogP contribution in [0.4, 0.5) is 4.79 Å². The highest BCUT2D eigenvalue weighted by Gasteiger charge is 2.25. The summed E-state index contributed by atoms with van der Waals surface area (Å²) in [5, 5.41) is 4.48. The molecule has 0 aliphatic carbocycles. The van der Waals surface area contributed by atoms with E-state index in [0.717, 1.165) is 0 Å². The SMILES string of the molecule is CC1NC(=O)NC(=O)C1=S. The lowest BCUT2D eigenvalue weighted by Crippen LogP contribution is -2.56. The summed E-state index contributed by atoms with van der Waals surface area (Å²) < 4.78 is 0. The maximum absolute atomic E-state index is 10.7. The van der Waals surface area contributed by atoms with Gasteiger partial charge in [0.2, 0.25) is 0 Å². The lowest BCUT2D eigenvalue weighted by atomic mass is 10.2. The van der Waals surface area contributed by atoms with Crippen molar-refractivity contribution in [1.82, 2.24) is 10.6 Å². The van der Waals surface area contributed by atoms with Crippen LogP contribution in [0.5, 0.6) is 0 Å². The van der Waals surface area contributed by atoms with Crippen LogP contribution < -0.4 is 10.6 Å². The van der Waals surface area contributed by atoms with Crippen molar-refractivity contribution in [1.29, 1.82) is 0 Å². The average Bonchev–Trinajstić information content (AvgIpc) is 1.82. The van der Waals surface area contributed by atoms with Gasteiger partial charge in [-0.05, 0) is 6.92 Å². The Hall–Kier alpha value is -0.970. The summed E-state index contributed by atoms with van der Waals surface area (Å²) in [6.07, 6.45) is 0. The minimum atomic E-state index is -0.480. The maximum atomic E-state index is 10.7. The standard InChI is InChI=1S/C5H6N2O2S/c1-2-3(10)4(8)7-5(9)6-2/h2H,1H3,(H2,6,7,8,9). The summed E-state index contributed by atoms with van der Waals surface area (Å²) in [6.45, 7) is 1.67. The first-order valence-electron chi connectivity index (χ1n) is 2.77. The van der Waals surface area contributed by atoms with Gasteiger partial charge < -0.3 is 5.32 Å². The third-order valence-corrected chi connectivity index (χ3v) is 1.73. The molecule has 54 valence electrons. The van der Waals surface area contributed by atoms with E-state index in [9.17, 15) is 9.59 Å². The Kier molecular flexibility index (Phi) is 1.67. The molecule has 0 saturated carbocycles. The number of hydrogen-bond donors (Lipinski definition) is 2. The average molecular weight is 158 g/mol. The van der Waals surface area contributed by atoms with Crippen molar-refractivity contribution >= 4 is 29.0 Å². The molecule has 5 heteroatoms. The summed E-state index contributed by atoms with van der Waals surface area (Å²) in [4.78, 5) is 21.5. The predicted molar refractivity (Wildman–Crippen MR) is 38.7 cm³/mol. The summed E-state index contributed by atoms with van der Waals surface area (Å²) in [6, 6.07) is -0.803. The molecule has 1 aliphatic heterocycles. The zero-order valence-electron chi connectivity index (χ0n) is 5.30. The number of amides is 3. The minimum Gasteiger partial charge on any atom is -0.330 e. The molecule has 0 aromatic rings. The first-order chi connectivity index (χ1) is 4.61. The number of carbonyl (C=O) groups is 2. The quantitative estimate of drug-likeness (QED) is 0.471. The van der Waals surface area contributed by atoms with Crippen LogP contribution in [0.1, 0.15) is 6.92 Å². The molecule has 3 amide bonds. The first kappa shape index (κ1) is 7.14. The smallest absolute Gasteiger partial charge is 0.322 e. The molecule has 1 saturated heterocycles. The van der Waals surface area contributed by atoms with Crippen molar-refractivity contribution in [2.45, 2.75) is 13.0 Å².